The molecule has 0 bridgehead atoms. The largest absolute Gasteiger partial charge is 0.348 e. The highest BCUT2D eigenvalue weighted by molar-refractivity contribution is 6.39. The van der Waals surface area contributed by atoms with E-state index in [0.29, 0.717) is 19.6 Å². The van der Waals surface area contributed by atoms with Crippen LogP contribution in [0.4, 0.5) is 0 Å². The number of halogens is 2. The fourth-order valence-corrected chi connectivity index (χ4v) is 6.02. The Morgan fingerprint density at radius 1 is 0.975 bits per heavy atom. The number of hydrogen-bond donors (Lipinski definition) is 2. The summed E-state index contributed by atoms with van der Waals surface area (Å²) in [6.07, 6.45) is 7.88. The highest BCUT2D eigenvalue weighted by Gasteiger charge is 2.28. The molecular formula is C31H28Cl2N6O. The van der Waals surface area contributed by atoms with Gasteiger partial charge in [-0.2, -0.15) is 0 Å². The minimum atomic E-state index is -0.336. The molecule has 202 valence electrons. The third kappa shape index (κ3) is 5.59. The fourth-order valence-electron chi connectivity index (χ4n) is 5.48. The highest BCUT2D eigenvalue weighted by Crippen LogP contribution is 2.35. The summed E-state index contributed by atoms with van der Waals surface area (Å²) >= 11 is 12.4. The number of benzene rings is 2. The zero-order chi connectivity index (χ0) is 27.5. The van der Waals surface area contributed by atoms with Crippen LogP contribution in [0.15, 0.2) is 79.3 Å². The third-order valence-electron chi connectivity index (χ3n) is 7.41. The van der Waals surface area contributed by atoms with Crippen LogP contribution >= 0.6 is 23.2 Å². The first-order chi connectivity index (χ1) is 19.6. The standard InChI is InChI=1S/C31H28Cl2N6O/c32-23-16-34-17-24(33)29(23)31(40)36-15-21-7-1-2-8-22(21)18-39(19-28-37-25-11-3-4-12-26(25)38-28)27-13-5-9-20-10-6-14-35-30(20)27/h1-4,6-8,10-12,14,16-17,27H,5,9,13,15,18-19H2,(H,36,40)(H,37,38). The Hall–Kier alpha value is -3.78. The Balaban J connectivity index is 1.29. The molecule has 0 aliphatic heterocycles. The molecule has 0 radical (unpaired) electrons. The van der Waals surface area contributed by atoms with E-state index < -0.39 is 0 Å². The van der Waals surface area contributed by atoms with Gasteiger partial charge in [0, 0.05) is 31.7 Å². The maximum absolute atomic E-state index is 13.0. The van der Waals surface area contributed by atoms with Crippen LogP contribution in [0.3, 0.4) is 0 Å². The maximum atomic E-state index is 13.0. The molecule has 2 aromatic carbocycles. The minimum absolute atomic E-state index is 0.148. The molecular weight excluding hydrogens is 543 g/mol. The summed E-state index contributed by atoms with van der Waals surface area (Å²) in [6.45, 7) is 1.64. The van der Waals surface area contributed by atoms with Crippen LogP contribution in [0.25, 0.3) is 11.0 Å². The molecule has 7 nitrogen and oxygen atoms in total. The molecule has 2 N–H and O–H groups in total. The number of H-pyrrole nitrogens is 1. The number of amides is 1. The molecule has 0 saturated heterocycles. The number of hydrogen-bond acceptors (Lipinski definition) is 5. The van der Waals surface area contributed by atoms with Crippen LogP contribution < -0.4 is 5.32 Å². The summed E-state index contributed by atoms with van der Waals surface area (Å²) in [6, 6.07) is 20.6. The number of carbonyl (C=O) groups is 1. The third-order valence-corrected chi connectivity index (χ3v) is 7.98. The summed E-state index contributed by atoms with van der Waals surface area (Å²) in [5.74, 6) is 0.578. The van der Waals surface area contributed by atoms with E-state index in [9.17, 15) is 4.79 Å². The van der Waals surface area contributed by atoms with Crippen molar-refractivity contribution in [2.24, 2.45) is 0 Å². The highest BCUT2D eigenvalue weighted by atomic mass is 35.5. The summed E-state index contributed by atoms with van der Waals surface area (Å²) in [4.78, 5) is 32.5. The van der Waals surface area contributed by atoms with Gasteiger partial charge in [0.25, 0.3) is 5.91 Å². The van der Waals surface area contributed by atoms with E-state index in [1.807, 2.05) is 54.7 Å². The van der Waals surface area contributed by atoms with E-state index in [-0.39, 0.29) is 27.6 Å². The molecule has 0 fully saturated rings. The van der Waals surface area contributed by atoms with Crippen molar-refractivity contribution in [2.75, 3.05) is 0 Å². The zero-order valence-electron chi connectivity index (χ0n) is 21.8. The number of rotatable bonds is 8. The van der Waals surface area contributed by atoms with Crippen molar-refractivity contribution >= 4 is 40.1 Å². The number of para-hydroxylation sites is 2. The molecule has 1 aliphatic rings. The van der Waals surface area contributed by atoms with Gasteiger partial charge in [0.2, 0.25) is 0 Å². The number of aromatic nitrogens is 4. The number of aromatic amines is 1. The molecule has 0 saturated carbocycles. The number of imidazole rings is 1. The lowest BCUT2D eigenvalue weighted by atomic mass is 9.90. The molecule has 0 spiro atoms. The first-order valence-electron chi connectivity index (χ1n) is 13.3. The Kier molecular flexibility index (Phi) is 7.77. The van der Waals surface area contributed by atoms with Crippen LogP contribution in [0.5, 0.6) is 0 Å². The summed E-state index contributed by atoms with van der Waals surface area (Å²) in [5, 5.41) is 3.43. The summed E-state index contributed by atoms with van der Waals surface area (Å²) in [5.41, 5.74) is 6.79. The van der Waals surface area contributed by atoms with E-state index in [2.05, 4.69) is 32.3 Å². The summed E-state index contributed by atoms with van der Waals surface area (Å²) < 4.78 is 0. The van der Waals surface area contributed by atoms with Crippen molar-refractivity contribution in [1.29, 1.82) is 0 Å². The number of aryl methyl sites for hydroxylation is 1. The van der Waals surface area contributed by atoms with Crippen molar-refractivity contribution < 1.29 is 4.79 Å². The molecule has 9 heteroatoms. The zero-order valence-corrected chi connectivity index (χ0v) is 23.3. The van der Waals surface area contributed by atoms with Gasteiger partial charge in [-0.3, -0.25) is 19.7 Å². The van der Waals surface area contributed by atoms with E-state index >= 15 is 0 Å². The lowest BCUT2D eigenvalue weighted by molar-refractivity contribution is 0.0950. The topological polar surface area (TPSA) is 86.8 Å². The second kappa shape index (κ2) is 11.8. The van der Waals surface area contributed by atoms with Gasteiger partial charge in [0.05, 0.1) is 44.9 Å². The molecule has 6 rings (SSSR count). The van der Waals surface area contributed by atoms with Crippen LogP contribution in [0, 0.1) is 0 Å². The molecule has 1 atom stereocenters. The number of pyridine rings is 2. The predicted octanol–water partition coefficient (Wildman–Crippen LogP) is 6.67. The van der Waals surface area contributed by atoms with Crippen LogP contribution in [-0.4, -0.2) is 30.7 Å². The van der Waals surface area contributed by atoms with Gasteiger partial charge in [0.1, 0.15) is 5.82 Å². The molecule has 1 amide bonds. The van der Waals surface area contributed by atoms with Gasteiger partial charge >= 0.3 is 0 Å². The maximum Gasteiger partial charge on any atom is 0.254 e. The second-order valence-electron chi connectivity index (χ2n) is 9.99. The van der Waals surface area contributed by atoms with E-state index in [4.69, 9.17) is 33.2 Å². The van der Waals surface area contributed by atoms with Crippen LogP contribution in [0.2, 0.25) is 10.0 Å². The Bertz CT molecular complexity index is 1620. The van der Waals surface area contributed by atoms with Crippen molar-refractivity contribution in [3.8, 4) is 0 Å². The number of carbonyl (C=O) groups excluding carboxylic acids is 1. The fraction of sp³-hybridized carbons (Fsp3) is 0.226. The van der Waals surface area contributed by atoms with Gasteiger partial charge in [-0.05, 0) is 54.2 Å². The lowest BCUT2D eigenvalue weighted by Crippen LogP contribution is -2.32. The molecule has 1 unspecified atom stereocenters. The van der Waals surface area contributed by atoms with E-state index in [0.717, 1.165) is 52.9 Å². The van der Waals surface area contributed by atoms with Gasteiger partial charge < -0.3 is 10.3 Å². The first kappa shape index (κ1) is 26.4. The number of fused-ring (bicyclic) bond motifs is 2. The van der Waals surface area contributed by atoms with Crippen molar-refractivity contribution in [3.05, 3.63) is 123 Å². The van der Waals surface area contributed by atoms with Gasteiger partial charge in [-0.15, -0.1) is 0 Å². The lowest BCUT2D eigenvalue weighted by Gasteiger charge is -2.35. The predicted molar refractivity (Wildman–Crippen MR) is 157 cm³/mol. The normalized spacial score (nSPS) is 14.8. The first-order valence-corrected chi connectivity index (χ1v) is 14.1. The van der Waals surface area contributed by atoms with Crippen molar-refractivity contribution in [2.45, 2.75) is 44.9 Å². The molecule has 1 aliphatic carbocycles. The van der Waals surface area contributed by atoms with E-state index in [1.165, 1.54) is 18.0 Å². The minimum Gasteiger partial charge on any atom is -0.348 e. The van der Waals surface area contributed by atoms with Crippen LogP contribution in [-0.2, 0) is 26.1 Å². The number of nitrogens with one attached hydrogen (secondary N) is 2. The smallest absolute Gasteiger partial charge is 0.254 e. The average molecular weight is 572 g/mol. The Labute approximate surface area is 242 Å². The second-order valence-corrected chi connectivity index (χ2v) is 10.8. The Morgan fingerprint density at radius 3 is 2.58 bits per heavy atom. The van der Waals surface area contributed by atoms with Crippen LogP contribution in [0.1, 0.15) is 57.5 Å². The summed E-state index contributed by atoms with van der Waals surface area (Å²) in [7, 11) is 0. The van der Waals surface area contributed by atoms with Gasteiger partial charge in [-0.1, -0.05) is 65.7 Å². The van der Waals surface area contributed by atoms with E-state index in [1.54, 1.807) is 0 Å². The number of nitrogens with zero attached hydrogens (tertiary/aromatic N) is 4. The van der Waals surface area contributed by atoms with Crippen molar-refractivity contribution in [3.63, 3.8) is 0 Å². The monoisotopic (exact) mass is 570 g/mol. The molecule has 3 aromatic heterocycles. The molecule has 40 heavy (non-hydrogen) atoms. The average Bonchev–Trinajstić information content (AvgIpc) is 3.38. The quantitative estimate of drug-likeness (QED) is 0.217. The SMILES string of the molecule is O=C(NCc1ccccc1CN(Cc1nc2ccccc2[nH]1)C1CCCc2cccnc21)c1c(Cl)cncc1Cl. The van der Waals surface area contributed by atoms with Gasteiger partial charge in [-0.25, -0.2) is 4.98 Å². The molecule has 5 aromatic rings. The van der Waals surface area contributed by atoms with Gasteiger partial charge in [0.15, 0.2) is 0 Å². The Morgan fingerprint density at radius 2 is 1.75 bits per heavy atom. The van der Waals surface area contributed by atoms with Crippen molar-refractivity contribution in [1.82, 2.24) is 30.2 Å². The molecule has 3 heterocycles.